The molecule has 0 aliphatic heterocycles. The number of nitrogens with two attached hydrogens (primary N) is 1. The maximum Gasteiger partial charge on any atom is 0.573 e. The van der Waals surface area contributed by atoms with Gasteiger partial charge < -0.3 is 15.2 Å². The van der Waals surface area contributed by atoms with E-state index in [0.717, 1.165) is 11.3 Å². The number of hydrogen-bond acceptors (Lipinski definition) is 3. The van der Waals surface area contributed by atoms with E-state index in [2.05, 4.69) is 4.74 Å². The van der Waals surface area contributed by atoms with Crippen molar-refractivity contribution in [2.75, 3.05) is 0 Å². The molecule has 0 amide bonds. The average molecular weight is 396 g/mol. The van der Waals surface area contributed by atoms with Gasteiger partial charge in [0.2, 0.25) is 0 Å². The fourth-order valence-electron chi connectivity index (χ4n) is 2.44. The summed E-state index contributed by atoms with van der Waals surface area (Å²) in [5.41, 5.74) is 7.68. The Labute approximate surface area is 160 Å². The Balaban J connectivity index is 0.00000261. The maximum atomic E-state index is 12.2. The summed E-state index contributed by atoms with van der Waals surface area (Å²) < 4.78 is 46.2. The van der Waals surface area contributed by atoms with Crippen LogP contribution in [0.15, 0.2) is 78.9 Å². The van der Waals surface area contributed by atoms with Crippen LogP contribution >= 0.6 is 12.4 Å². The number of halogens is 4. The molecule has 0 saturated carbocycles. The van der Waals surface area contributed by atoms with Gasteiger partial charge in [-0.2, -0.15) is 0 Å². The van der Waals surface area contributed by atoms with Gasteiger partial charge in [0, 0.05) is 0 Å². The van der Waals surface area contributed by atoms with E-state index >= 15 is 0 Å². The summed E-state index contributed by atoms with van der Waals surface area (Å²) in [7, 11) is 0. The molecule has 0 spiro atoms. The standard InChI is InChI=1S/C20H16F3NO2.ClH/c21-20(22,23)26-18-12-8-15(9-13-18)19(24)14-6-10-17(11-7-14)25-16-4-2-1-3-5-16;/h1-13,19H,24H2;1H/t19-;/m0./s1. The molecule has 3 aromatic carbocycles. The molecular formula is C20H17ClF3NO2. The lowest BCUT2D eigenvalue weighted by Crippen LogP contribution is -2.17. The number of benzene rings is 3. The molecule has 2 N–H and O–H groups in total. The van der Waals surface area contributed by atoms with E-state index in [-0.39, 0.29) is 18.2 Å². The van der Waals surface area contributed by atoms with E-state index in [0.29, 0.717) is 11.3 Å². The topological polar surface area (TPSA) is 44.5 Å². The van der Waals surface area contributed by atoms with Gasteiger partial charge >= 0.3 is 6.36 Å². The van der Waals surface area contributed by atoms with Gasteiger partial charge in [0.05, 0.1) is 6.04 Å². The SMILES string of the molecule is Cl.N[C@@H](c1ccc(Oc2ccccc2)cc1)c1ccc(OC(F)(F)F)cc1. The van der Waals surface area contributed by atoms with E-state index < -0.39 is 12.4 Å². The molecule has 0 bridgehead atoms. The first-order chi connectivity index (χ1) is 12.4. The molecule has 0 saturated heterocycles. The average Bonchev–Trinajstić information content (AvgIpc) is 2.62. The summed E-state index contributed by atoms with van der Waals surface area (Å²) in [5.74, 6) is 1.12. The molecule has 0 heterocycles. The van der Waals surface area contributed by atoms with Crippen LogP contribution in [0.4, 0.5) is 13.2 Å². The second-order valence-electron chi connectivity index (χ2n) is 5.58. The molecule has 0 unspecified atom stereocenters. The van der Waals surface area contributed by atoms with Crippen molar-refractivity contribution in [1.82, 2.24) is 0 Å². The molecule has 0 aliphatic carbocycles. The molecule has 1 atom stereocenters. The van der Waals surface area contributed by atoms with Gasteiger partial charge in [-0.05, 0) is 47.5 Å². The second kappa shape index (κ2) is 8.79. The molecule has 0 radical (unpaired) electrons. The molecule has 0 fully saturated rings. The van der Waals surface area contributed by atoms with E-state index in [1.165, 1.54) is 24.3 Å². The van der Waals surface area contributed by atoms with Crippen LogP contribution in [-0.4, -0.2) is 6.36 Å². The van der Waals surface area contributed by atoms with Gasteiger partial charge in [-0.3, -0.25) is 0 Å². The van der Waals surface area contributed by atoms with Crippen molar-refractivity contribution in [1.29, 1.82) is 0 Å². The number of alkyl halides is 3. The molecule has 3 rings (SSSR count). The lowest BCUT2D eigenvalue weighted by atomic mass is 9.99. The molecule has 27 heavy (non-hydrogen) atoms. The fourth-order valence-corrected chi connectivity index (χ4v) is 2.44. The smallest absolute Gasteiger partial charge is 0.457 e. The van der Waals surface area contributed by atoms with Crippen LogP contribution in [-0.2, 0) is 0 Å². The highest BCUT2D eigenvalue weighted by Gasteiger charge is 2.31. The third-order valence-corrected chi connectivity index (χ3v) is 3.69. The second-order valence-corrected chi connectivity index (χ2v) is 5.58. The first-order valence-corrected chi connectivity index (χ1v) is 7.85. The highest BCUT2D eigenvalue weighted by molar-refractivity contribution is 5.85. The van der Waals surface area contributed by atoms with Gasteiger partial charge in [0.1, 0.15) is 17.2 Å². The minimum absolute atomic E-state index is 0. The third-order valence-electron chi connectivity index (χ3n) is 3.69. The Bertz CT molecular complexity index is 838. The minimum Gasteiger partial charge on any atom is -0.457 e. The summed E-state index contributed by atoms with van der Waals surface area (Å²) in [6, 6.07) is 21.6. The normalized spacial score (nSPS) is 12.0. The number of para-hydroxylation sites is 1. The molecule has 0 aliphatic rings. The van der Waals surface area contributed by atoms with Crippen LogP contribution in [0.5, 0.6) is 17.2 Å². The van der Waals surface area contributed by atoms with Crippen molar-refractivity contribution in [3.63, 3.8) is 0 Å². The van der Waals surface area contributed by atoms with E-state index in [4.69, 9.17) is 10.5 Å². The Morgan fingerprint density at radius 1 is 0.667 bits per heavy atom. The predicted molar refractivity (Wildman–Crippen MR) is 99.4 cm³/mol. The third kappa shape index (κ3) is 5.91. The fraction of sp³-hybridized carbons (Fsp3) is 0.100. The minimum atomic E-state index is -4.71. The van der Waals surface area contributed by atoms with Crippen LogP contribution in [0.2, 0.25) is 0 Å². The summed E-state index contributed by atoms with van der Waals surface area (Å²) >= 11 is 0. The molecule has 3 aromatic rings. The lowest BCUT2D eigenvalue weighted by Gasteiger charge is -2.15. The van der Waals surface area contributed by atoms with Crippen molar-refractivity contribution in [3.8, 4) is 17.2 Å². The molecule has 3 nitrogen and oxygen atoms in total. The first kappa shape index (κ1) is 20.6. The number of ether oxygens (including phenoxy) is 2. The summed E-state index contributed by atoms with van der Waals surface area (Å²) in [6.45, 7) is 0. The van der Waals surface area contributed by atoms with Gasteiger partial charge in [0.15, 0.2) is 0 Å². The van der Waals surface area contributed by atoms with Gasteiger partial charge in [-0.1, -0.05) is 42.5 Å². The molecular weight excluding hydrogens is 379 g/mol. The van der Waals surface area contributed by atoms with Crippen LogP contribution in [0.3, 0.4) is 0 Å². The lowest BCUT2D eigenvalue weighted by molar-refractivity contribution is -0.274. The quantitative estimate of drug-likeness (QED) is 0.589. The molecule has 7 heteroatoms. The van der Waals surface area contributed by atoms with Gasteiger partial charge in [-0.15, -0.1) is 25.6 Å². The zero-order chi connectivity index (χ0) is 18.6. The molecule has 0 aromatic heterocycles. The van der Waals surface area contributed by atoms with Crippen molar-refractivity contribution >= 4 is 12.4 Å². The Hall–Kier alpha value is -2.70. The van der Waals surface area contributed by atoms with Crippen LogP contribution < -0.4 is 15.2 Å². The first-order valence-electron chi connectivity index (χ1n) is 7.85. The summed E-state index contributed by atoms with van der Waals surface area (Å²) in [4.78, 5) is 0. The van der Waals surface area contributed by atoms with E-state index in [9.17, 15) is 13.2 Å². The number of hydrogen-bond donors (Lipinski definition) is 1. The van der Waals surface area contributed by atoms with Crippen molar-refractivity contribution < 1.29 is 22.6 Å². The highest BCUT2D eigenvalue weighted by atomic mass is 35.5. The zero-order valence-electron chi connectivity index (χ0n) is 14.0. The zero-order valence-corrected chi connectivity index (χ0v) is 14.8. The van der Waals surface area contributed by atoms with Crippen molar-refractivity contribution in [2.24, 2.45) is 5.73 Å². The summed E-state index contributed by atoms with van der Waals surface area (Å²) in [5, 5.41) is 0. The van der Waals surface area contributed by atoms with Crippen molar-refractivity contribution in [3.05, 3.63) is 90.0 Å². The van der Waals surface area contributed by atoms with Crippen LogP contribution in [0.1, 0.15) is 17.2 Å². The van der Waals surface area contributed by atoms with E-state index in [1.807, 2.05) is 42.5 Å². The van der Waals surface area contributed by atoms with E-state index in [1.54, 1.807) is 12.1 Å². The van der Waals surface area contributed by atoms with Crippen LogP contribution in [0, 0.1) is 0 Å². The Morgan fingerprint density at radius 3 is 1.59 bits per heavy atom. The largest absolute Gasteiger partial charge is 0.573 e. The molecule has 142 valence electrons. The number of rotatable bonds is 5. The summed E-state index contributed by atoms with van der Waals surface area (Å²) in [6.07, 6.45) is -4.71. The Kier molecular flexibility index (Phi) is 6.71. The maximum absolute atomic E-state index is 12.2. The Morgan fingerprint density at radius 2 is 1.11 bits per heavy atom. The van der Waals surface area contributed by atoms with Gasteiger partial charge in [-0.25, -0.2) is 0 Å². The predicted octanol–water partition coefficient (Wildman–Crippen LogP) is 5.85. The van der Waals surface area contributed by atoms with Crippen LogP contribution in [0.25, 0.3) is 0 Å². The van der Waals surface area contributed by atoms with Crippen molar-refractivity contribution in [2.45, 2.75) is 12.4 Å². The monoisotopic (exact) mass is 395 g/mol. The highest BCUT2D eigenvalue weighted by Crippen LogP contribution is 2.28. The van der Waals surface area contributed by atoms with Gasteiger partial charge in [0.25, 0.3) is 0 Å².